The maximum absolute atomic E-state index is 5.34. The third-order valence-corrected chi connectivity index (χ3v) is 13.4. The van der Waals surface area contributed by atoms with Gasteiger partial charge in [0.2, 0.25) is 0 Å². The Kier molecular flexibility index (Phi) is 9.47. The van der Waals surface area contributed by atoms with Gasteiger partial charge in [0.1, 0.15) is 0 Å². The summed E-state index contributed by atoms with van der Waals surface area (Å²) >= 11 is 0. The Morgan fingerprint density at radius 2 is 0.647 bits per heavy atom. The molecule has 0 radical (unpaired) electrons. The van der Waals surface area contributed by atoms with Gasteiger partial charge in [-0.05, 0) is 76.9 Å². The average molecular weight is 867 g/mol. The van der Waals surface area contributed by atoms with E-state index in [1.165, 1.54) is 54.8 Å². The molecule has 0 aliphatic heterocycles. The van der Waals surface area contributed by atoms with E-state index in [1.54, 1.807) is 0 Å². The zero-order valence-corrected chi connectivity index (χ0v) is 37.0. The van der Waals surface area contributed by atoms with Crippen LogP contribution in [-0.2, 0) is 0 Å². The number of hydrogen-bond donors (Lipinski definition) is 0. The molecule has 0 atom stereocenters. The Bertz CT molecular complexity index is 3790. The highest BCUT2D eigenvalue weighted by molar-refractivity contribution is 6.13. The first-order chi connectivity index (χ1) is 33.7. The van der Waals surface area contributed by atoms with Crippen LogP contribution in [0.2, 0.25) is 0 Å². The molecule has 0 spiro atoms. The summed E-state index contributed by atoms with van der Waals surface area (Å²) in [6.07, 6.45) is 0. The second-order valence-corrected chi connectivity index (χ2v) is 17.3. The third-order valence-electron chi connectivity index (χ3n) is 13.4. The van der Waals surface area contributed by atoms with Crippen molar-refractivity contribution in [2.75, 3.05) is 0 Å². The summed E-state index contributed by atoms with van der Waals surface area (Å²) < 4.78 is 4.91. The first-order valence-electron chi connectivity index (χ1n) is 23.2. The lowest BCUT2D eigenvalue weighted by Crippen LogP contribution is -2.02. The minimum Gasteiger partial charge on any atom is -0.309 e. The fourth-order valence-electron chi connectivity index (χ4n) is 10.2. The predicted octanol–water partition coefficient (Wildman–Crippen LogP) is 16.7. The zero-order valence-electron chi connectivity index (χ0n) is 37.0. The molecule has 3 heterocycles. The van der Waals surface area contributed by atoms with Gasteiger partial charge in [0, 0.05) is 49.4 Å². The normalized spacial score (nSPS) is 11.5. The van der Waals surface area contributed by atoms with Crippen molar-refractivity contribution < 1.29 is 0 Å². The van der Waals surface area contributed by atoms with Gasteiger partial charge in [0.25, 0.3) is 0 Å². The standard InChI is InChI=1S/C64H42N4/c1-5-19-43(20-6-1)47-34-37-61-54(39-47)55-40-48(44-21-7-2-8-22-44)35-38-62(55)68(61)63-41-49(57-42-56(45-23-9-3-10-24-45)65-64(66-57)46-25-11-4-12-26-46)33-36-53(63)52-29-15-18-32-60(52)67-58-30-16-13-27-50(58)51-28-14-17-31-59(51)67/h1-42H. The lowest BCUT2D eigenvalue weighted by Gasteiger charge is -2.20. The Morgan fingerprint density at radius 3 is 1.22 bits per heavy atom. The van der Waals surface area contributed by atoms with Gasteiger partial charge in [-0.3, -0.25) is 0 Å². The maximum Gasteiger partial charge on any atom is 0.160 e. The van der Waals surface area contributed by atoms with Gasteiger partial charge >= 0.3 is 0 Å². The molecule has 3 aromatic heterocycles. The Morgan fingerprint density at radius 1 is 0.235 bits per heavy atom. The molecule has 0 N–H and O–H groups in total. The molecule has 0 fully saturated rings. The monoisotopic (exact) mass is 866 g/mol. The van der Waals surface area contributed by atoms with E-state index in [9.17, 15) is 0 Å². The number of nitrogens with zero attached hydrogens (tertiary/aromatic N) is 4. The Hall–Kier alpha value is -9.12. The molecule has 0 saturated heterocycles. The van der Waals surface area contributed by atoms with Crippen molar-refractivity contribution in [3.63, 3.8) is 0 Å². The van der Waals surface area contributed by atoms with Crippen LogP contribution in [0.1, 0.15) is 0 Å². The number of aromatic nitrogens is 4. The molecule has 4 nitrogen and oxygen atoms in total. The summed E-state index contributed by atoms with van der Waals surface area (Å²) in [5.41, 5.74) is 18.4. The van der Waals surface area contributed by atoms with Crippen molar-refractivity contribution in [1.82, 2.24) is 19.1 Å². The van der Waals surface area contributed by atoms with Gasteiger partial charge in [-0.2, -0.15) is 0 Å². The fraction of sp³-hybridized carbons (Fsp3) is 0. The van der Waals surface area contributed by atoms with Crippen LogP contribution >= 0.6 is 0 Å². The van der Waals surface area contributed by atoms with Crippen LogP contribution < -0.4 is 0 Å². The summed E-state index contributed by atoms with van der Waals surface area (Å²) in [5, 5.41) is 4.83. The van der Waals surface area contributed by atoms with E-state index in [0.29, 0.717) is 5.82 Å². The fourth-order valence-corrected chi connectivity index (χ4v) is 10.2. The van der Waals surface area contributed by atoms with Crippen molar-refractivity contribution in [2.45, 2.75) is 0 Å². The van der Waals surface area contributed by atoms with Crippen LogP contribution in [-0.4, -0.2) is 19.1 Å². The average Bonchev–Trinajstić information content (AvgIpc) is 3.93. The molecule has 10 aromatic carbocycles. The van der Waals surface area contributed by atoms with Crippen LogP contribution in [0.15, 0.2) is 255 Å². The number of fused-ring (bicyclic) bond motifs is 6. The summed E-state index contributed by atoms with van der Waals surface area (Å²) in [6.45, 7) is 0. The summed E-state index contributed by atoms with van der Waals surface area (Å²) in [4.78, 5) is 10.5. The number of para-hydroxylation sites is 3. The molecule has 0 unspecified atom stereocenters. The summed E-state index contributed by atoms with van der Waals surface area (Å²) in [6, 6.07) is 91.3. The molecule has 4 heteroatoms. The van der Waals surface area contributed by atoms with E-state index in [0.717, 1.165) is 61.6 Å². The van der Waals surface area contributed by atoms with E-state index in [1.807, 2.05) is 24.3 Å². The van der Waals surface area contributed by atoms with Gasteiger partial charge in [-0.1, -0.05) is 200 Å². The zero-order chi connectivity index (χ0) is 45.0. The Labute approximate surface area is 394 Å². The quantitative estimate of drug-likeness (QED) is 0.153. The molecule has 68 heavy (non-hydrogen) atoms. The SMILES string of the molecule is c1ccc(-c2ccc3c(c2)c2cc(-c4ccccc4)ccc2n3-c2cc(-c3cc(-c4ccccc4)nc(-c4ccccc4)n3)ccc2-c2ccccc2-n2c3ccccc3c3ccccc32)cc1. The van der Waals surface area contributed by atoms with E-state index >= 15 is 0 Å². The number of rotatable bonds is 8. The van der Waals surface area contributed by atoms with E-state index in [2.05, 4.69) is 240 Å². The topological polar surface area (TPSA) is 35.6 Å². The molecular formula is C64H42N4. The highest BCUT2D eigenvalue weighted by Gasteiger charge is 2.22. The maximum atomic E-state index is 5.34. The van der Waals surface area contributed by atoms with Gasteiger partial charge in [-0.25, -0.2) is 9.97 Å². The van der Waals surface area contributed by atoms with Crippen LogP contribution in [0.3, 0.4) is 0 Å². The van der Waals surface area contributed by atoms with Crippen molar-refractivity contribution in [3.05, 3.63) is 255 Å². The number of benzene rings is 10. The van der Waals surface area contributed by atoms with Gasteiger partial charge in [0.05, 0.1) is 44.8 Å². The van der Waals surface area contributed by atoms with Gasteiger partial charge in [0.15, 0.2) is 5.82 Å². The molecule has 0 aliphatic carbocycles. The second kappa shape index (κ2) is 16.4. The minimum atomic E-state index is 0.683. The summed E-state index contributed by atoms with van der Waals surface area (Å²) in [7, 11) is 0. The first kappa shape index (κ1) is 39.3. The van der Waals surface area contributed by atoms with E-state index in [-0.39, 0.29) is 0 Å². The highest BCUT2D eigenvalue weighted by atomic mass is 15.0. The molecule has 0 saturated carbocycles. The van der Waals surface area contributed by atoms with Crippen LogP contribution in [0, 0.1) is 0 Å². The van der Waals surface area contributed by atoms with E-state index < -0.39 is 0 Å². The van der Waals surface area contributed by atoms with Crippen LogP contribution in [0.25, 0.3) is 122 Å². The smallest absolute Gasteiger partial charge is 0.160 e. The lowest BCUT2D eigenvalue weighted by atomic mass is 9.97. The predicted molar refractivity (Wildman–Crippen MR) is 283 cm³/mol. The van der Waals surface area contributed by atoms with Crippen LogP contribution in [0.5, 0.6) is 0 Å². The molecule has 0 bridgehead atoms. The van der Waals surface area contributed by atoms with Crippen LogP contribution in [0.4, 0.5) is 0 Å². The molecule has 13 rings (SSSR count). The molecule has 0 amide bonds. The largest absolute Gasteiger partial charge is 0.309 e. The van der Waals surface area contributed by atoms with Gasteiger partial charge in [-0.15, -0.1) is 0 Å². The second-order valence-electron chi connectivity index (χ2n) is 17.3. The molecular weight excluding hydrogens is 825 g/mol. The van der Waals surface area contributed by atoms with Crippen molar-refractivity contribution >= 4 is 43.6 Å². The highest BCUT2D eigenvalue weighted by Crippen LogP contribution is 2.44. The molecule has 13 aromatic rings. The third kappa shape index (κ3) is 6.69. The first-order valence-corrected chi connectivity index (χ1v) is 23.2. The Balaban J connectivity index is 1.12. The molecule has 0 aliphatic rings. The van der Waals surface area contributed by atoms with Crippen molar-refractivity contribution in [2.24, 2.45) is 0 Å². The minimum absolute atomic E-state index is 0.683. The van der Waals surface area contributed by atoms with Gasteiger partial charge < -0.3 is 9.13 Å². The summed E-state index contributed by atoms with van der Waals surface area (Å²) in [5.74, 6) is 0.683. The van der Waals surface area contributed by atoms with Crippen molar-refractivity contribution in [1.29, 1.82) is 0 Å². The lowest BCUT2D eigenvalue weighted by molar-refractivity contribution is 1.15. The molecule has 318 valence electrons. The van der Waals surface area contributed by atoms with Crippen molar-refractivity contribution in [3.8, 4) is 78.7 Å². The van der Waals surface area contributed by atoms with E-state index in [4.69, 9.17) is 9.97 Å². The number of hydrogen-bond acceptors (Lipinski definition) is 2.